The van der Waals surface area contributed by atoms with Gasteiger partial charge in [0.15, 0.2) is 5.65 Å². The van der Waals surface area contributed by atoms with Crippen molar-refractivity contribution in [3.05, 3.63) is 56.9 Å². The summed E-state index contributed by atoms with van der Waals surface area (Å²) in [5.74, 6) is 0.377. The van der Waals surface area contributed by atoms with Crippen molar-refractivity contribution in [3.63, 3.8) is 0 Å². The number of carbonyl (C=O) groups is 1. The number of ether oxygens (including phenoxy) is 2. The molecule has 2 aromatic heterocycles. The van der Waals surface area contributed by atoms with E-state index in [-0.39, 0.29) is 11.0 Å². The maximum absolute atomic E-state index is 13.0. The number of aromatic nitrogens is 3. The van der Waals surface area contributed by atoms with E-state index >= 15 is 0 Å². The fourth-order valence-electron chi connectivity index (χ4n) is 2.97. The lowest BCUT2D eigenvalue weighted by Crippen LogP contribution is -2.42. The first-order valence-electron chi connectivity index (χ1n) is 8.44. The molecule has 0 radical (unpaired) electrons. The van der Waals surface area contributed by atoms with Gasteiger partial charge in [0.2, 0.25) is 5.91 Å². The monoisotopic (exact) mass is 384 g/mol. The molecule has 0 aliphatic heterocycles. The van der Waals surface area contributed by atoms with E-state index in [1.54, 1.807) is 31.2 Å². The molecule has 0 saturated carbocycles. The molecule has 3 rings (SSSR count). The molecule has 9 nitrogen and oxygen atoms in total. The summed E-state index contributed by atoms with van der Waals surface area (Å²) < 4.78 is 12.5. The first-order chi connectivity index (χ1) is 13.4. The second-order valence-corrected chi connectivity index (χ2v) is 6.19. The summed E-state index contributed by atoms with van der Waals surface area (Å²) in [4.78, 5) is 42.2. The number of amides is 1. The second-order valence-electron chi connectivity index (χ2n) is 6.19. The fraction of sp³-hybridized carbons (Fsp3) is 0.263. The van der Waals surface area contributed by atoms with Gasteiger partial charge in [-0.05, 0) is 19.1 Å². The summed E-state index contributed by atoms with van der Waals surface area (Å²) in [5, 5.41) is 2.81. The molecule has 3 aromatic rings. The zero-order valence-corrected chi connectivity index (χ0v) is 16.0. The molecule has 28 heavy (non-hydrogen) atoms. The van der Waals surface area contributed by atoms with E-state index in [2.05, 4.69) is 10.3 Å². The quantitative estimate of drug-likeness (QED) is 0.705. The lowest BCUT2D eigenvalue weighted by atomic mass is 10.2. The lowest BCUT2D eigenvalue weighted by molar-refractivity contribution is -0.116. The minimum absolute atomic E-state index is 0.152. The van der Waals surface area contributed by atoms with Crippen LogP contribution in [0.3, 0.4) is 0 Å². The highest BCUT2D eigenvalue weighted by molar-refractivity contribution is 5.91. The number of pyridine rings is 1. The highest BCUT2D eigenvalue weighted by Crippen LogP contribution is 2.23. The van der Waals surface area contributed by atoms with E-state index in [1.165, 1.54) is 32.0 Å². The van der Waals surface area contributed by atoms with E-state index < -0.39 is 23.7 Å². The fourth-order valence-corrected chi connectivity index (χ4v) is 2.97. The van der Waals surface area contributed by atoms with Crippen LogP contribution in [0.15, 0.2) is 40.1 Å². The standard InChI is InChI=1S/C19H20N4O5/c1-11-9-20-17-15(16(11)28-4)18(25)23(19(26)22(17)2)10-14(24)21-12-6-5-7-13(8-12)27-3/h5-9H,10H2,1-4H3,(H,21,24). The minimum Gasteiger partial charge on any atom is -0.497 e. The third-order valence-electron chi connectivity index (χ3n) is 4.34. The van der Waals surface area contributed by atoms with E-state index in [4.69, 9.17) is 9.47 Å². The highest BCUT2D eigenvalue weighted by atomic mass is 16.5. The van der Waals surface area contributed by atoms with E-state index in [0.717, 1.165) is 4.57 Å². The van der Waals surface area contributed by atoms with Crippen LogP contribution in [0, 0.1) is 6.92 Å². The van der Waals surface area contributed by atoms with Gasteiger partial charge in [-0.15, -0.1) is 0 Å². The Morgan fingerprint density at radius 3 is 2.64 bits per heavy atom. The van der Waals surface area contributed by atoms with Crippen LogP contribution in [0.2, 0.25) is 0 Å². The van der Waals surface area contributed by atoms with Crippen molar-refractivity contribution in [2.75, 3.05) is 19.5 Å². The maximum atomic E-state index is 13.0. The smallest absolute Gasteiger partial charge is 0.332 e. The number of benzene rings is 1. The highest BCUT2D eigenvalue weighted by Gasteiger charge is 2.19. The van der Waals surface area contributed by atoms with Crippen molar-refractivity contribution in [2.24, 2.45) is 7.05 Å². The first-order valence-corrected chi connectivity index (χ1v) is 8.44. The van der Waals surface area contributed by atoms with E-state index in [9.17, 15) is 14.4 Å². The van der Waals surface area contributed by atoms with Gasteiger partial charge >= 0.3 is 5.69 Å². The summed E-state index contributed by atoms with van der Waals surface area (Å²) in [7, 11) is 4.44. The Labute approximate surface area is 160 Å². The molecule has 146 valence electrons. The van der Waals surface area contributed by atoms with Gasteiger partial charge < -0.3 is 14.8 Å². The minimum atomic E-state index is -0.642. The predicted molar refractivity (Wildman–Crippen MR) is 104 cm³/mol. The third kappa shape index (κ3) is 3.34. The summed E-state index contributed by atoms with van der Waals surface area (Å²) >= 11 is 0. The summed E-state index contributed by atoms with van der Waals surface area (Å²) in [6.07, 6.45) is 1.53. The Balaban J connectivity index is 2.04. The van der Waals surface area contributed by atoms with Crippen LogP contribution in [0.25, 0.3) is 11.0 Å². The number of anilines is 1. The Hall–Kier alpha value is -3.62. The normalized spacial score (nSPS) is 10.7. The van der Waals surface area contributed by atoms with Gasteiger partial charge in [0, 0.05) is 30.6 Å². The molecule has 0 saturated heterocycles. The van der Waals surface area contributed by atoms with Crippen LogP contribution in [-0.2, 0) is 18.4 Å². The molecule has 0 aliphatic rings. The number of fused-ring (bicyclic) bond motifs is 1. The van der Waals surface area contributed by atoms with Crippen molar-refractivity contribution in [3.8, 4) is 11.5 Å². The van der Waals surface area contributed by atoms with Crippen molar-refractivity contribution < 1.29 is 14.3 Å². The molecule has 9 heteroatoms. The van der Waals surface area contributed by atoms with Crippen molar-refractivity contribution >= 4 is 22.6 Å². The Morgan fingerprint density at radius 1 is 1.21 bits per heavy atom. The number of hydrogen-bond donors (Lipinski definition) is 1. The summed E-state index contributed by atoms with van der Waals surface area (Å²) in [6.45, 7) is 1.30. The largest absolute Gasteiger partial charge is 0.497 e. The van der Waals surface area contributed by atoms with Crippen LogP contribution < -0.4 is 26.0 Å². The SMILES string of the molecule is COc1cccc(NC(=O)Cn2c(=O)c3c(OC)c(C)cnc3n(C)c2=O)c1. The van der Waals surface area contributed by atoms with Crippen molar-refractivity contribution in [1.29, 1.82) is 0 Å². The van der Waals surface area contributed by atoms with Gasteiger partial charge in [0.05, 0.1) is 14.2 Å². The molecule has 0 bridgehead atoms. The Bertz CT molecular complexity index is 1180. The topological polar surface area (TPSA) is 104 Å². The van der Waals surface area contributed by atoms with Crippen LogP contribution in [0.5, 0.6) is 11.5 Å². The second kappa shape index (κ2) is 7.55. The Kier molecular flexibility index (Phi) is 5.16. The molecule has 0 aliphatic carbocycles. The van der Waals surface area contributed by atoms with Gasteiger partial charge in [-0.1, -0.05) is 6.07 Å². The number of nitrogens with zero attached hydrogens (tertiary/aromatic N) is 3. The van der Waals surface area contributed by atoms with Crippen LogP contribution in [-0.4, -0.2) is 34.2 Å². The van der Waals surface area contributed by atoms with Crippen molar-refractivity contribution in [2.45, 2.75) is 13.5 Å². The van der Waals surface area contributed by atoms with Gasteiger partial charge in [-0.25, -0.2) is 14.3 Å². The first kappa shape index (κ1) is 19.2. The predicted octanol–water partition coefficient (Wildman–Crippen LogP) is 1.06. The van der Waals surface area contributed by atoms with Gasteiger partial charge in [-0.2, -0.15) is 0 Å². The van der Waals surface area contributed by atoms with E-state index in [0.29, 0.717) is 22.7 Å². The van der Waals surface area contributed by atoms with Crippen LogP contribution >= 0.6 is 0 Å². The molecular formula is C19H20N4O5. The molecule has 1 N–H and O–H groups in total. The van der Waals surface area contributed by atoms with Gasteiger partial charge in [0.1, 0.15) is 23.4 Å². The zero-order chi connectivity index (χ0) is 20.4. The molecular weight excluding hydrogens is 364 g/mol. The van der Waals surface area contributed by atoms with Crippen LogP contribution in [0.4, 0.5) is 5.69 Å². The maximum Gasteiger partial charge on any atom is 0.332 e. The molecule has 1 amide bonds. The number of nitrogens with one attached hydrogen (secondary N) is 1. The van der Waals surface area contributed by atoms with E-state index in [1.807, 2.05) is 0 Å². The average Bonchev–Trinajstić information content (AvgIpc) is 2.69. The zero-order valence-electron chi connectivity index (χ0n) is 16.0. The van der Waals surface area contributed by atoms with Gasteiger partial charge in [0.25, 0.3) is 5.56 Å². The number of hydrogen-bond acceptors (Lipinski definition) is 6. The number of rotatable bonds is 5. The summed E-state index contributed by atoms with van der Waals surface area (Å²) in [5.41, 5.74) is 0.0637. The molecule has 0 unspecified atom stereocenters. The molecule has 0 fully saturated rings. The molecule has 1 aromatic carbocycles. The number of aryl methyl sites for hydroxylation is 2. The lowest BCUT2D eigenvalue weighted by Gasteiger charge is -2.13. The summed E-state index contributed by atoms with van der Waals surface area (Å²) in [6, 6.07) is 6.77. The van der Waals surface area contributed by atoms with Crippen molar-refractivity contribution in [1.82, 2.24) is 14.1 Å². The molecule has 2 heterocycles. The third-order valence-corrected chi connectivity index (χ3v) is 4.34. The molecule has 0 spiro atoms. The number of carbonyl (C=O) groups excluding carboxylic acids is 1. The Morgan fingerprint density at radius 2 is 1.96 bits per heavy atom. The average molecular weight is 384 g/mol. The molecule has 0 atom stereocenters. The number of methoxy groups -OCH3 is 2. The van der Waals surface area contributed by atoms with Crippen LogP contribution in [0.1, 0.15) is 5.56 Å². The van der Waals surface area contributed by atoms with Gasteiger partial charge in [-0.3, -0.25) is 14.2 Å².